The van der Waals surface area contributed by atoms with Crippen molar-refractivity contribution >= 4 is 12.6 Å². The molecule has 0 heterocycles. The largest absolute Gasteiger partial charge is 0.330 e. The second-order valence-corrected chi connectivity index (χ2v) is 28.2. The maximum absolute atomic E-state index is 5.48. The van der Waals surface area contributed by atoms with Crippen LogP contribution in [0.2, 0.25) is 0 Å². The molecule has 0 aliphatic rings. The van der Waals surface area contributed by atoms with Crippen LogP contribution in [0.25, 0.3) is 0 Å². The Bertz CT molecular complexity index is 840. The third-order valence-corrected chi connectivity index (χ3v) is 18.7. The van der Waals surface area contributed by atoms with Gasteiger partial charge in [-0.15, -0.1) is 0 Å². The van der Waals surface area contributed by atoms with Crippen molar-refractivity contribution in [3.8, 4) is 0 Å². The summed E-state index contributed by atoms with van der Waals surface area (Å²) < 4.78 is 0. The summed E-state index contributed by atoms with van der Waals surface area (Å²) in [7, 11) is 2.05. The van der Waals surface area contributed by atoms with Crippen molar-refractivity contribution in [1.82, 2.24) is 5.32 Å². The van der Waals surface area contributed by atoms with E-state index in [-0.39, 0.29) is 0 Å². The first kappa shape index (κ1) is 95.9. The first-order valence-corrected chi connectivity index (χ1v) is 42.4. The summed E-state index contributed by atoms with van der Waals surface area (Å²) >= 11 is 4.21. The van der Waals surface area contributed by atoms with E-state index in [9.17, 15) is 0 Å². The lowest BCUT2D eigenvalue weighted by Gasteiger charge is -2.03. The third-order valence-electron chi connectivity index (χ3n) is 18.4. The normalized spacial score (nSPS) is 11.0. The van der Waals surface area contributed by atoms with E-state index in [0.717, 1.165) is 18.8 Å². The number of unbranched alkanes of at least 4 members (excludes halogenated alkanes) is 67. The Balaban J connectivity index is -0.000000323. The monoisotopic (exact) mass is 1250 g/mol. The molecule has 0 aromatic carbocycles. The van der Waals surface area contributed by atoms with Crippen LogP contribution < -0.4 is 16.8 Å². The average Bonchev–Trinajstić information content (AvgIpc) is 3.53. The van der Waals surface area contributed by atoms with Crippen molar-refractivity contribution in [2.75, 3.05) is 32.4 Å². The van der Waals surface area contributed by atoms with Gasteiger partial charge < -0.3 is 16.8 Å². The van der Waals surface area contributed by atoms with Crippen molar-refractivity contribution in [3.05, 3.63) is 0 Å². The highest BCUT2D eigenvalue weighted by Gasteiger charge is 1.99. The van der Waals surface area contributed by atoms with Gasteiger partial charge in [0.1, 0.15) is 0 Å². The van der Waals surface area contributed by atoms with E-state index in [2.05, 4.69) is 59.5 Å². The SMILES string of the molecule is CCCCCCCCCCCCCCCCCC.CCCCCCCCCCCCCCCCCN.CCCCCCCCCCCCCCCCCN.CCCCCCCCCCCCCCCCCNC.CCCCCCCCCCCCCS. The van der Waals surface area contributed by atoms with Crippen molar-refractivity contribution in [3.63, 3.8) is 0 Å². The van der Waals surface area contributed by atoms with E-state index in [1.165, 1.54) is 469 Å². The molecule has 3 nitrogen and oxygen atoms in total. The van der Waals surface area contributed by atoms with Crippen LogP contribution in [-0.4, -0.2) is 32.4 Å². The Labute approximate surface area is 562 Å². The number of nitrogens with one attached hydrogen (secondary N) is 1. The summed E-state index contributed by atoms with van der Waals surface area (Å²) in [4.78, 5) is 0. The lowest BCUT2D eigenvalue weighted by Crippen LogP contribution is -2.06. The highest BCUT2D eigenvalue weighted by molar-refractivity contribution is 7.80. The molecule has 0 bridgehead atoms. The average molecular weight is 1250 g/mol. The molecule has 4 heteroatoms. The molecule has 0 atom stereocenters. The van der Waals surface area contributed by atoms with E-state index >= 15 is 0 Å². The zero-order valence-electron chi connectivity index (χ0n) is 62.8. The van der Waals surface area contributed by atoms with Crippen LogP contribution in [0.4, 0.5) is 0 Å². The highest BCUT2D eigenvalue weighted by Crippen LogP contribution is 2.18. The van der Waals surface area contributed by atoms with Crippen molar-refractivity contribution in [1.29, 1.82) is 0 Å². The van der Waals surface area contributed by atoms with Crippen LogP contribution in [0.5, 0.6) is 0 Å². The quantitative estimate of drug-likeness (QED) is 0.0362. The lowest BCUT2D eigenvalue weighted by molar-refractivity contribution is 0.530. The number of hydrogen-bond acceptors (Lipinski definition) is 4. The van der Waals surface area contributed by atoms with Gasteiger partial charge in [-0.1, -0.05) is 478 Å². The fourth-order valence-electron chi connectivity index (χ4n) is 12.1. The highest BCUT2D eigenvalue weighted by atomic mass is 32.1. The first-order valence-electron chi connectivity index (χ1n) is 41.7. The summed E-state index contributed by atoms with van der Waals surface area (Å²) in [5.41, 5.74) is 11.0. The van der Waals surface area contributed by atoms with Gasteiger partial charge in [0.25, 0.3) is 0 Å². The molecule has 0 spiro atoms. The van der Waals surface area contributed by atoms with E-state index in [0.29, 0.717) is 0 Å². The van der Waals surface area contributed by atoms with Crippen LogP contribution in [0, 0.1) is 0 Å². The van der Waals surface area contributed by atoms with Crippen LogP contribution in [0.15, 0.2) is 0 Å². The minimum absolute atomic E-state index is 0.873. The van der Waals surface area contributed by atoms with Crippen LogP contribution in [0.3, 0.4) is 0 Å². The minimum Gasteiger partial charge on any atom is -0.330 e. The molecule has 0 radical (unpaired) electrons. The van der Waals surface area contributed by atoms with Crippen molar-refractivity contribution in [2.24, 2.45) is 11.5 Å². The fourth-order valence-corrected chi connectivity index (χ4v) is 12.3. The summed E-state index contributed by atoms with van der Waals surface area (Å²) in [5, 5.41) is 3.21. The fraction of sp³-hybridized carbons (Fsp3) is 1.00. The molecule has 0 rings (SSSR count). The molecule has 5 N–H and O–H groups in total. The molecule has 0 unspecified atom stereocenters. The Morgan fingerprint density at radius 3 is 0.402 bits per heavy atom. The van der Waals surface area contributed by atoms with Gasteiger partial charge in [0.2, 0.25) is 0 Å². The zero-order valence-corrected chi connectivity index (χ0v) is 63.7. The molecule has 0 aliphatic carbocycles. The van der Waals surface area contributed by atoms with Gasteiger partial charge in [-0.25, -0.2) is 0 Å². The van der Waals surface area contributed by atoms with Crippen LogP contribution in [0.1, 0.15) is 504 Å². The Morgan fingerprint density at radius 2 is 0.287 bits per heavy atom. The Kier molecular flexibility index (Phi) is 116. The van der Waals surface area contributed by atoms with Gasteiger partial charge in [0.05, 0.1) is 0 Å². The van der Waals surface area contributed by atoms with Crippen LogP contribution >= 0.6 is 12.6 Å². The molecule has 532 valence electrons. The van der Waals surface area contributed by atoms with Gasteiger partial charge >= 0.3 is 0 Å². The van der Waals surface area contributed by atoms with Crippen molar-refractivity contribution < 1.29 is 0 Å². The molecule has 0 aromatic rings. The number of nitrogens with two attached hydrogens (primary N) is 2. The standard InChI is InChI=1S/C18H39N.C18H38.2C17H37N.C13H28S/c1-3-4-5-6-7-8-9-10-11-12-13-14-15-16-17-18-19-2;1-3-5-7-9-11-13-15-17-18-16-14-12-10-8-6-4-2;2*1-2-3-4-5-6-7-8-9-10-11-12-13-14-15-16-17-18;1-2-3-4-5-6-7-8-9-10-11-12-13-14/h19H,3-18H2,1-2H3;3-18H2,1-2H3;2*2-18H2,1H3;14H,2-13H2,1H3. The number of thiol groups is 1. The van der Waals surface area contributed by atoms with Gasteiger partial charge in [-0.3, -0.25) is 0 Å². The molecular formula is C83H179N3S. The first-order chi connectivity index (χ1) is 43.1. The molecule has 0 saturated heterocycles. The maximum Gasteiger partial charge on any atom is -0.00519 e. The van der Waals surface area contributed by atoms with Gasteiger partial charge in [-0.05, 0) is 58.1 Å². The van der Waals surface area contributed by atoms with Gasteiger partial charge in [0.15, 0.2) is 0 Å². The Morgan fingerprint density at radius 1 is 0.172 bits per heavy atom. The molecule has 87 heavy (non-hydrogen) atoms. The second kappa shape index (κ2) is 105. The van der Waals surface area contributed by atoms with Gasteiger partial charge in [-0.2, -0.15) is 12.6 Å². The van der Waals surface area contributed by atoms with E-state index in [1.807, 2.05) is 7.05 Å². The summed E-state index contributed by atoms with van der Waals surface area (Å²) in [6.45, 7) is 16.7. The third kappa shape index (κ3) is 117. The topological polar surface area (TPSA) is 64.1 Å². The minimum atomic E-state index is 0.873. The Hall–Kier alpha value is 0.230. The number of rotatable bonds is 72. The summed E-state index contributed by atoms with van der Waals surface area (Å²) in [6.07, 6.45) is 104. The smallest absolute Gasteiger partial charge is 0.00519 e. The van der Waals surface area contributed by atoms with E-state index in [4.69, 9.17) is 11.5 Å². The van der Waals surface area contributed by atoms with Crippen LogP contribution in [-0.2, 0) is 0 Å². The van der Waals surface area contributed by atoms with Gasteiger partial charge in [0, 0.05) is 0 Å². The van der Waals surface area contributed by atoms with E-state index < -0.39 is 0 Å². The molecular weight excluding hydrogens is 1070 g/mol. The molecule has 0 amide bonds. The zero-order chi connectivity index (χ0) is 64.4. The molecule has 0 saturated carbocycles. The number of hydrogen-bond donors (Lipinski definition) is 4. The second-order valence-electron chi connectivity index (χ2n) is 27.7. The van der Waals surface area contributed by atoms with Crippen molar-refractivity contribution in [2.45, 2.75) is 504 Å². The molecule has 0 aliphatic heterocycles. The summed E-state index contributed by atoms with van der Waals surface area (Å²) in [5.74, 6) is 1.07. The maximum atomic E-state index is 5.48. The lowest BCUT2D eigenvalue weighted by atomic mass is 10.0. The molecule has 0 aromatic heterocycles. The predicted octanol–water partition coefficient (Wildman–Crippen LogP) is 30.2. The van der Waals surface area contributed by atoms with E-state index in [1.54, 1.807) is 0 Å². The molecule has 0 fully saturated rings. The predicted molar refractivity (Wildman–Crippen MR) is 412 cm³/mol. The summed E-state index contributed by atoms with van der Waals surface area (Å²) in [6, 6.07) is 0.